The maximum absolute atomic E-state index is 10.7. The van der Waals surface area contributed by atoms with E-state index in [0.29, 0.717) is 0 Å². The van der Waals surface area contributed by atoms with E-state index in [9.17, 15) is 4.79 Å². The summed E-state index contributed by atoms with van der Waals surface area (Å²) in [5.74, 6) is -0.0179. The number of hydrogen-bond donors (Lipinski definition) is 0. The van der Waals surface area contributed by atoms with Gasteiger partial charge in [0.2, 0.25) is 0 Å². The first-order valence-corrected chi connectivity index (χ1v) is 5.16. The molecule has 1 nitrogen and oxygen atoms in total. The van der Waals surface area contributed by atoms with E-state index < -0.39 is 0 Å². The fourth-order valence-corrected chi connectivity index (χ4v) is 1.75. The van der Waals surface area contributed by atoms with E-state index in [-0.39, 0.29) is 5.92 Å². The van der Waals surface area contributed by atoms with Crippen molar-refractivity contribution in [2.24, 2.45) is 0 Å². The third-order valence-electron chi connectivity index (χ3n) is 2.75. The van der Waals surface area contributed by atoms with E-state index in [1.165, 1.54) is 16.3 Å². The van der Waals surface area contributed by atoms with Gasteiger partial charge in [0.25, 0.3) is 0 Å². The highest BCUT2D eigenvalue weighted by atomic mass is 16.1. The first-order valence-electron chi connectivity index (χ1n) is 5.16. The van der Waals surface area contributed by atoms with Crippen molar-refractivity contribution in [1.82, 2.24) is 0 Å². The van der Waals surface area contributed by atoms with Crippen LogP contribution in [-0.2, 0) is 4.79 Å². The van der Waals surface area contributed by atoms with E-state index in [1.807, 2.05) is 13.0 Å². The molecular formula is C14H14O. The number of fused-ring (bicyclic) bond motifs is 1. The van der Waals surface area contributed by atoms with E-state index in [2.05, 4.69) is 37.3 Å². The molecule has 2 rings (SSSR count). The lowest BCUT2D eigenvalue weighted by Gasteiger charge is -2.06. The van der Waals surface area contributed by atoms with Gasteiger partial charge in [-0.1, -0.05) is 48.9 Å². The molecule has 2 aromatic carbocycles. The van der Waals surface area contributed by atoms with Gasteiger partial charge in [0.05, 0.1) is 0 Å². The Hall–Kier alpha value is -1.63. The molecule has 1 heteroatoms. The molecule has 2 aromatic rings. The van der Waals surface area contributed by atoms with Crippen LogP contribution >= 0.6 is 0 Å². The minimum absolute atomic E-state index is 0.0179. The van der Waals surface area contributed by atoms with Crippen molar-refractivity contribution in [3.05, 3.63) is 47.5 Å². The van der Waals surface area contributed by atoms with Gasteiger partial charge in [-0.3, -0.25) is 0 Å². The van der Waals surface area contributed by atoms with Crippen LogP contribution < -0.4 is 0 Å². The molecule has 76 valence electrons. The fourth-order valence-electron chi connectivity index (χ4n) is 1.75. The topological polar surface area (TPSA) is 17.1 Å². The highest BCUT2D eigenvalue weighted by Crippen LogP contribution is 2.21. The summed E-state index contributed by atoms with van der Waals surface area (Å²) >= 11 is 0. The second-order valence-electron chi connectivity index (χ2n) is 4.03. The Morgan fingerprint density at radius 2 is 1.73 bits per heavy atom. The number of carbonyl (C=O) groups excluding carboxylic acids is 1. The zero-order valence-electron chi connectivity index (χ0n) is 9.03. The molecule has 0 radical (unpaired) electrons. The molecule has 0 amide bonds. The summed E-state index contributed by atoms with van der Waals surface area (Å²) in [6.45, 7) is 4.00. The van der Waals surface area contributed by atoms with Crippen molar-refractivity contribution in [1.29, 1.82) is 0 Å². The van der Waals surface area contributed by atoms with Crippen molar-refractivity contribution >= 4 is 17.1 Å². The minimum Gasteiger partial charge on any atom is -0.303 e. The van der Waals surface area contributed by atoms with Crippen LogP contribution in [0.4, 0.5) is 0 Å². The van der Waals surface area contributed by atoms with Crippen LogP contribution in [0.15, 0.2) is 36.4 Å². The SMILES string of the molecule is Cc1ccc2cc(C(C)C=O)ccc2c1. The van der Waals surface area contributed by atoms with Gasteiger partial charge in [0, 0.05) is 5.92 Å². The minimum atomic E-state index is -0.0179. The largest absolute Gasteiger partial charge is 0.303 e. The average Bonchev–Trinajstić information content (AvgIpc) is 2.27. The first-order chi connectivity index (χ1) is 7.20. The van der Waals surface area contributed by atoms with Gasteiger partial charge in [-0.25, -0.2) is 0 Å². The summed E-state index contributed by atoms with van der Waals surface area (Å²) in [6, 6.07) is 12.6. The Morgan fingerprint density at radius 3 is 2.47 bits per heavy atom. The van der Waals surface area contributed by atoms with Gasteiger partial charge in [0.1, 0.15) is 6.29 Å². The fraction of sp³-hybridized carbons (Fsp3) is 0.214. The first kappa shape index (κ1) is 9.91. The van der Waals surface area contributed by atoms with Gasteiger partial charge >= 0.3 is 0 Å². The molecule has 0 aromatic heterocycles. The van der Waals surface area contributed by atoms with Crippen molar-refractivity contribution < 1.29 is 4.79 Å². The smallest absolute Gasteiger partial charge is 0.127 e. The van der Waals surface area contributed by atoms with E-state index in [0.717, 1.165) is 11.8 Å². The number of benzene rings is 2. The van der Waals surface area contributed by atoms with Gasteiger partial charge in [-0.05, 0) is 23.3 Å². The molecule has 0 spiro atoms. The second kappa shape index (κ2) is 3.85. The Morgan fingerprint density at radius 1 is 1.07 bits per heavy atom. The summed E-state index contributed by atoms with van der Waals surface area (Å²) in [5, 5.41) is 2.43. The number of aryl methyl sites for hydroxylation is 1. The predicted molar refractivity (Wildman–Crippen MR) is 63.2 cm³/mol. The van der Waals surface area contributed by atoms with Crippen LogP contribution in [0.25, 0.3) is 10.8 Å². The highest BCUT2D eigenvalue weighted by Gasteiger charge is 2.04. The van der Waals surface area contributed by atoms with Crippen LogP contribution in [0.1, 0.15) is 24.0 Å². The lowest BCUT2D eigenvalue weighted by atomic mass is 9.98. The van der Waals surface area contributed by atoms with Gasteiger partial charge < -0.3 is 4.79 Å². The molecule has 0 saturated carbocycles. The standard InChI is InChI=1S/C14H14O/c1-10-3-4-14-8-12(11(2)9-15)5-6-13(14)7-10/h3-9,11H,1-2H3. The van der Waals surface area contributed by atoms with Crippen molar-refractivity contribution in [3.8, 4) is 0 Å². The average molecular weight is 198 g/mol. The molecule has 0 heterocycles. The van der Waals surface area contributed by atoms with Crippen LogP contribution in [0, 0.1) is 6.92 Å². The summed E-state index contributed by atoms with van der Waals surface area (Å²) in [4.78, 5) is 10.7. The van der Waals surface area contributed by atoms with Gasteiger partial charge in [-0.2, -0.15) is 0 Å². The van der Waals surface area contributed by atoms with Crippen molar-refractivity contribution in [2.45, 2.75) is 19.8 Å². The maximum Gasteiger partial charge on any atom is 0.127 e. The van der Waals surface area contributed by atoms with E-state index in [4.69, 9.17) is 0 Å². The number of rotatable bonds is 2. The zero-order valence-corrected chi connectivity index (χ0v) is 9.03. The molecule has 0 aliphatic rings. The molecular weight excluding hydrogens is 184 g/mol. The normalized spacial score (nSPS) is 12.7. The Kier molecular flexibility index (Phi) is 2.55. The number of aldehydes is 1. The molecule has 0 N–H and O–H groups in total. The third-order valence-corrected chi connectivity index (χ3v) is 2.75. The van der Waals surface area contributed by atoms with E-state index >= 15 is 0 Å². The van der Waals surface area contributed by atoms with Crippen molar-refractivity contribution in [2.75, 3.05) is 0 Å². The Labute approximate surface area is 89.7 Å². The maximum atomic E-state index is 10.7. The summed E-state index contributed by atoms with van der Waals surface area (Å²) in [6.07, 6.45) is 0.982. The predicted octanol–water partition coefficient (Wildman–Crippen LogP) is 3.45. The molecule has 0 fully saturated rings. The molecule has 15 heavy (non-hydrogen) atoms. The lowest BCUT2D eigenvalue weighted by molar-refractivity contribution is -0.108. The number of hydrogen-bond acceptors (Lipinski definition) is 1. The van der Waals surface area contributed by atoms with Gasteiger partial charge in [-0.15, -0.1) is 0 Å². The Bertz CT molecular complexity index is 500. The van der Waals surface area contributed by atoms with Crippen LogP contribution in [-0.4, -0.2) is 6.29 Å². The molecule has 0 aliphatic carbocycles. The third kappa shape index (κ3) is 1.91. The lowest BCUT2D eigenvalue weighted by Crippen LogP contribution is -1.93. The molecule has 0 bridgehead atoms. The summed E-state index contributed by atoms with van der Waals surface area (Å²) < 4.78 is 0. The second-order valence-corrected chi connectivity index (χ2v) is 4.03. The summed E-state index contributed by atoms with van der Waals surface area (Å²) in [7, 11) is 0. The Balaban J connectivity index is 2.56. The molecule has 0 aliphatic heterocycles. The van der Waals surface area contributed by atoms with E-state index in [1.54, 1.807) is 0 Å². The van der Waals surface area contributed by atoms with Crippen LogP contribution in [0.2, 0.25) is 0 Å². The van der Waals surface area contributed by atoms with Crippen LogP contribution in [0.3, 0.4) is 0 Å². The van der Waals surface area contributed by atoms with Crippen molar-refractivity contribution in [3.63, 3.8) is 0 Å². The monoisotopic (exact) mass is 198 g/mol. The van der Waals surface area contributed by atoms with Crippen LogP contribution in [0.5, 0.6) is 0 Å². The molecule has 0 saturated heterocycles. The molecule has 1 atom stereocenters. The highest BCUT2D eigenvalue weighted by molar-refractivity contribution is 5.84. The quantitative estimate of drug-likeness (QED) is 0.675. The van der Waals surface area contributed by atoms with Gasteiger partial charge in [0.15, 0.2) is 0 Å². The number of carbonyl (C=O) groups is 1. The zero-order chi connectivity index (χ0) is 10.8. The molecule has 1 unspecified atom stereocenters. The summed E-state index contributed by atoms with van der Waals surface area (Å²) in [5.41, 5.74) is 2.35.